The maximum Gasteiger partial charge on any atom is 0.287 e. The molecule has 0 aliphatic heterocycles. The minimum atomic E-state index is -4.11. The van der Waals surface area contributed by atoms with Crippen molar-refractivity contribution in [1.29, 1.82) is 0 Å². The van der Waals surface area contributed by atoms with Gasteiger partial charge in [0.15, 0.2) is 5.69 Å². The molecule has 0 saturated carbocycles. The zero-order chi connectivity index (χ0) is 26.6. The van der Waals surface area contributed by atoms with E-state index in [4.69, 9.17) is 17.3 Å². The number of nitrogens with one attached hydrogen (secondary N) is 2. The fourth-order valence-electron chi connectivity index (χ4n) is 3.55. The van der Waals surface area contributed by atoms with Crippen LogP contribution in [-0.2, 0) is 26.0 Å². The fourth-order valence-corrected chi connectivity index (χ4v) is 4.71. The Morgan fingerprint density at radius 1 is 0.946 bits per heavy atom. The number of nitrogens with zero attached hydrogens (tertiary/aromatic N) is 2. The number of carbonyl (C=O) groups is 3. The second kappa shape index (κ2) is 10.7. The molecule has 0 bridgehead atoms. The Morgan fingerprint density at radius 3 is 2.32 bits per heavy atom. The van der Waals surface area contributed by atoms with Gasteiger partial charge in [0, 0.05) is 6.42 Å². The van der Waals surface area contributed by atoms with Gasteiger partial charge >= 0.3 is 0 Å². The molecule has 4 aromatic rings. The van der Waals surface area contributed by atoms with Crippen LogP contribution in [0.25, 0.3) is 10.8 Å². The summed E-state index contributed by atoms with van der Waals surface area (Å²) in [6, 6.07) is 19.2. The average Bonchev–Trinajstić information content (AvgIpc) is 2.89. The second-order valence-corrected chi connectivity index (χ2v) is 10.0. The van der Waals surface area contributed by atoms with Gasteiger partial charge < -0.3 is 11.1 Å². The first-order valence-electron chi connectivity index (χ1n) is 10.9. The monoisotopic (exact) mass is 537 g/mol. The van der Waals surface area contributed by atoms with Crippen LogP contribution >= 0.6 is 11.6 Å². The van der Waals surface area contributed by atoms with Crippen LogP contribution in [0.5, 0.6) is 0 Å². The highest BCUT2D eigenvalue weighted by Crippen LogP contribution is 2.21. The largest absolute Gasteiger partial charge is 0.363 e. The Kier molecular flexibility index (Phi) is 7.46. The molecule has 2 amide bonds. The molecule has 0 fully saturated rings. The van der Waals surface area contributed by atoms with Gasteiger partial charge in [-0.3, -0.25) is 14.4 Å². The summed E-state index contributed by atoms with van der Waals surface area (Å²) in [5.41, 5.74) is 5.42. The molecule has 1 heterocycles. The van der Waals surface area contributed by atoms with Crippen LogP contribution < -0.4 is 15.8 Å². The third kappa shape index (κ3) is 6.08. The molecule has 1 atom stereocenters. The smallest absolute Gasteiger partial charge is 0.287 e. The van der Waals surface area contributed by atoms with Crippen LogP contribution in [0.15, 0.2) is 83.9 Å². The summed E-state index contributed by atoms with van der Waals surface area (Å²) >= 11 is 6.09. The van der Waals surface area contributed by atoms with E-state index in [0.717, 1.165) is 11.6 Å². The van der Waals surface area contributed by atoms with Crippen LogP contribution in [0.2, 0.25) is 5.02 Å². The number of ketones is 1. The number of amides is 2. The first-order valence-corrected chi connectivity index (χ1v) is 12.7. The lowest BCUT2D eigenvalue weighted by molar-refractivity contribution is -0.137. The van der Waals surface area contributed by atoms with Gasteiger partial charge in [-0.05, 0) is 28.5 Å². The summed E-state index contributed by atoms with van der Waals surface area (Å²) in [6.07, 6.45) is 1.03. The molecular weight excluding hydrogens is 518 g/mol. The van der Waals surface area contributed by atoms with Crippen molar-refractivity contribution in [3.63, 3.8) is 0 Å². The predicted molar refractivity (Wildman–Crippen MR) is 137 cm³/mol. The lowest BCUT2D eigenvalue weighted by Crippen LogP contribution is -2.47. The maximum absolute atomic E-state index is 13.0. The van der Waals surface area contributed by atoms with Gasteiger partial charge in [-0.25, -0.2) is 23.1 Å². The molecule has 0 aliphatic carbocycles. The topological polar surface area (TPSA) is 161 Å². The van der Waals surface area contributed by atoms with Crippen molar-refractivity contribution in [2.45, 2.75) is 17.4 Å². The molecule has 0 radical (unpaired) electrons. The molecule has 0 aliphatic rings. The van der Waals surface area contributed by atoms with E-state index in [1.165, 1.54) is 12.1 Å². The molecule has 0 saturated heterocycles. The third-order valence-corrected chi connectivity index (χ3v) is 6.97. The summed E-state index contributed by atoms with van der Waals surface area (Å²) in [5, 5.41) is 3.78. The zero-order valence-electron chi connectivity index (χ0n) is 19.1. The summed E-state index contributed by atoms with van der Waals surface area (Å²) < 4.78 is 28.1. The van der Waals surface area contributed by atoms with Crippen LogP contribution in [-0.4, -0.2) is 42.0 Å². The molecule has 37 heavy (non-hydrogen) atoms. The summed E-state index contributed by atoms with van der Waals surface area (Å²) in [4.78, 5) is 44.6. The number of fused-ring (bicyclic) bond motifs is 1. The summed E-state index contributed by atoms with van der Waals surface area (Å²) in [7, 11) is -4.11. The molecule has 3 aromatic carbocycles. The number of primary amides is 1. The van der Waals surface area contributed by atoms with Crippen LogP contribution in [0.4, 0.5) is 5.95 Å². The number of hydrogen-bond donors (Lipinski definition) is 3. The fraction of sp³-hybridized carbons (Fsp3) is 0.0800. The van der Waals surface area contributed by atoms with Gasteiger partial charge in [-0.2, -0.15) is 0 Å². The molecule has 0 spiro atoms. The van der Waals surface area contributed by atoms with Gasteiger partial charge in [-0.1, -0.05) is 72.3 Å². The van der Waals surface area contributed by atoms with Gasteiger partial charge in [-0.15, -0.1) is 0 Å². The van der Waals surface area contributed by atoms with E-state index >= 15 is 0 Å². The quantitative estimate of drug-likeness (QED) is 0.276. The van der Waals surface area contributed by atoms with E-state index in [1.807, 2.05) is 12.1 Å². The summed E-state index contributed by atoms with van der Waals surface area (Å²) in [6.45, 7) is 0. The van der Waals surface area contributed by atoms with E-state index in [-0.39, 0.29) is 16.3 Å². The first-order chi connectivity index (χ1) is 17.6. The minimum Gasteiger partial charge on any atom is -0.363 e. The molecular formula is C25H20ClN5O5S. The van der Waals surface area contributed by atoms with Crippen molar-refractivity contribution in [2.24, 2.45) is 5.73 Å². The lowest BCUT2D eigenvalue weighted by Gasteiger charge is -2.17. The SMILES string of the molecule is NC(=O)C(=O)[C@H](Cc1ccccc1)NC(=O)c1nc(NS(=O)(=O)c2ccc3ccccc3c2)ncc1Cl. The van der Waals surface area contributed by atoms with E-state index in [0.29, 0.717) is 10.9 Å². The normalized spacial score (nSPS) is 12.0. The van der Waals surface area contributed by atoms with Crippen LogP contribution in [0.1, 0.15) is 16.1 Å². The number of hydrogen-bond acceptors (Lipinski definition) is 7. The number of anilines is 1. The Morgan fingerprint density at radius 2 is 1.62 bits per heavy atom. The van der Waals surface area contributed by atoms with Crippen molar-refractivity contribution >= 4 is 55.9 Å². The number of Topliss-reactive ketones (excluding diaryl/α,β-unsaturated/α-hetero) is 1. The molecule has 188 valence electrons. The lowest BCUT2D eigenvalue weighted by atomic mass is 10.0. The van der Waals surface area contributed by atoms with Gasteiger partial charge in [0.2, 0.25) is 11.7 Å². The van der Waals surface area contributed by atoms with Crippen molar-refractivity contribution in [3.8, 4) is 0 Å². The predicted octanol–water partition coefficient (Wildman–Crippen LogP) is 2.48. The van der Waals surface area contributed by atoms with Gasteiger partial charge in [0.05, 0.1) is 16.1 Å². The second-order valence-electron chi connectivity index (χ2n) is 7.95. The molecule has 4 N–H and O–H groups in total. The molecule has 1 aromatic heterocycles. The third-order valence-electron chi connectivity index (χ3n) is 5.36. The van der Waals surface area contributed by atoms with Crippen LogP contribution in [0.3, 0.4) is 0 Å². The Labute approximate surface area is 216 Å². The molecule has 4 rings (SSSR count). The van der Waals surface area contributed by atoms with Crippen molar-refractivity contribution in [2.75, 3.05) is 4.72 Å². The number of nitrogens with two attached hydrogens (primary N) is 1. The highest BCUT2D eigenvalue weighted by Gasteiger charge is 2.28. The Balaban J connectivity index is 1.58. The minimum absolute atomic E-state index is 0.0154. The Hall–Kier alpha value is -4.35. The highest BCUT2D eigenvalue weighted by atomic mass is 35.5. The van der Waals surface area contributed by atoms with Gasteiger partial charge in [0.25, 0.3) is 21.8 Å². The molecule has 12 heteroatoms. The Bertz CT molecular complexity index is 1610. The standard InChI is InChI=1S/C25H20ClN5O5S/c26-19-14-28-25(31-37(35,36)18-11-10-16-8-4-5-9-17(16)13-18)30-21(19)24(34)29-20(22(32)23(27)33)12-15-6-2-1-3-7-15/h1-11,13-14,20H,12H2,(H2,27,33)(H,29,34)(H,28,30,31)/t20-/m0/s1. The highest BCUT2D eigenvalue weighted by molar-refractivity contribution is 7.92. The van der Waals surface area contributed by atoms with Crippen molar-refractivity contribution in [3.05, 3.63) is 95.3 Å². The number of rotatable bonds is 9. The van der Waals surface area contributed by atoms with E-state index in [9.17, 15) is 22.8 Å². The number of sulfonamides is 1. The molecule has 0 unspecified atom stereocenters. The molecule has 10 nitrogen and oxygen atoms in total. The van der Waals surface area contributed by atoms with Gasteiger partial charge in [0.1, 0.15) is 6.04 Å². The first kappa shape index (κ1) is 25.7. The van der Waals surface area contributed by atoms with E-state index in [2.05, 4.69) is 20.0 Å². The maximum atomic E-state index is 13.0. The van der Waals surface area contributed by atoms with Crippen molar-refractivity contribution < 1.29 is 22.8 Å². The van der Waals surface area contributed by atoms with Crippen LogP contribution in [0, 0.1) is 0 Å². The van der Waals surface area contributed by atoms with E-state index < -0.39 is 45.3 Å². The average molecular weight is 538 g/mol. The zero-order valence-corrected chi connectivity index (χ0v) is 20.7. The number of halogens is 1. The number of aromatic nitrogens is 2. The number of benzene rings is 3. The van der Waals surface area contributed by atoms with Crippen molar-refractivity contribution in [1.82, 2.24) is 15.3 Å². The van der Waals surface area contributed by atoms with E-state index in [1.54, 1.807) is 48.5 Å². The number of carbonyl (C=O) groups excluding carboxylic acids is 3. The summed E-state index contributed by atoms with van der Waals surface area (Å²) in [5.74, 6) is -3.57.